The monoisotopic (exact) mass is 473 g/mol. The lowest BCUT2D eigenvalue weighted by atomic mass is 10.1. The molecule has 0 aliphatic heterocycles. The molecule has 3 aromatic carbocycles. The van der Waals surface area contributed by atoms with Crippen molar-refractivity contribution in [3.05, 3.63) is 88.4 Å². The molecule has 0 radical (unpaired) electrons. The molecule has 0 heterocycles. The van der Waals surface area contributed by atoms with Gasteiger partial charge in [-0.05, 0) is 71.2 Å². The first-order valence-electron chi connectivity index (χ1n) is 8.88. The van der Waals surface area contributed by atoms with Gasteiger partial charge in [-0.1, -0.05) is 42.5 Å². The van der Waals surface area contributed by atoms with E-state index in [9.17, 15) is 13.2 Å². The lowest BCUT2D eigenvalue weighted by Crippen LogP contribution is -2.40. The third-order valence-electron chi connectivity index (χ3n) is 4.28. The van der Waals surface area contributed by atoms with Crippen LogP contribution in [0.25, 0.3) is 0 Å². The third-order valence-corrected chi connectivity index (χ3v) is 6.68. The molecule has 1 amide bonds. The van der Waals surface area contributed by atoms with Crippen LogP contribution in [0.5, 0.6) is 5.75 Å². The minimum Gasteiger partial charge on any atom is -0.483 e. The van der Waals surface area contributed by atoms with E-state index in [4.69, 9.17) is 4.74 Å². The van der Waals surface area contributed by atoms with E-state index in [0.717, 1.165) is 9.87 Å². The molecule has 0 atom stereocenters. The van der Waals surface area contributed by atoms with Crippen molar-refractivity contribution < 1.29 is 17.9 Å². The summed E-state index contributed by atoms with van der Waals surface area (Å²) in [4.78, 5) is 13.2. The number of benzene rings is 3. The smallest absolute Gasteiger partial charge is 0.278 e. The molecule has 0 aromatic heterocycles. The summed E-state index contributed by atoms with van der Waals surface area (Å²) in [6, 6.07) is 20.3. The summed E-state index contributed by atoms with van der Waals surface area (Å²) >= 11 is 3.36. The maximum Gasteiger partial charge on any atom is 0.278 e. The zero-order valence-corrected chi connectivity index (χ0v) is 18.4. The molecule has 0 unspecified atom stereocenters. The molecule has 0 bridgehead atoms. The summed E-state index contributed by atoms with van der Waals surface area (Å²) in [5, 5.41) is 0. The first kappa shape index (κ1) is 21.1. The molecule has 0 saturated carbocycles. The predicted octanol–water partition coefficient (Wildman–Crippen LogP) is 4.87. The van der Waals surface area contributed by atoms with Crippen LogP contribution in [0.3, 0.4) is 0 Å². The zero-order valence-electron chi connectivity index (χ0n) is 16.0. The zero-order chi connectivity index (χ0) is 21.0. The summed E-state index contributed by atoms with van der Waals surface area (Å²) in [5.74, 6) is -0.225. The number of sulfonamides is 1. The number of amides is 1. The van der Waals surface area contributed by atoms with Crippen molar-refractivity contribution >= 4 is 37.5 Å². The number of ether oxygens (including phenoxy) is 1. The van der Waals surface area contributed by atoms with Gasteiger partial charge in [0.1, 0.15) is 5.75 Å². The second-order valence-electron chi connectivity index (χ2n) is 6.49. The molecule has 0 aliphatic carbocycles. The minimum atomic E-state index is -4.12. The maximum absolute atomic E-state index is 13.4. The van der Waals surface area contributed by atoms with E-state index in [1.165, 1.54) is 12.1 Å². The van der Waals surface area contributed by atoms with Gasteiger partial charge in [-0.15, -0.1) is 0 Å². The van der Waals surface area contributed by atoms with Crippen LogP contribution in [0.1, 0.15) is 11.1 Å². The topological polar surface area (TPSA) is 63.7 Å². The normalized spacial score (nSPS) is 11.1. The highest BCUT2D eigenvalue weighted by molar-refractivity contribution is 9.10. The van der Waals surface area contributed by atoms with Gasteiger partial charge in [0, 0.05) is 0 Å². The van der Waals surface area contributed by atoms with Crippen LogP contribution in [0.2, 0.25) is 0 Å². The van der Waals surface area contributed by atoms with Gasteiger partial charge in [0.05, 0.1) is 15.1 Å². The Morgan fingerprint density at radius 1 is 0.966 bits per heavy atom. The third kappa shape index (κ3) is 4.68. The van der Waals surface area contributed by atoms with Crippen molar-refractivity contribution in [1.29, 1.82) is 0 Å². The van der Waals surface area contributed by atoms with Gasteiger partial charge in [0.2, 0.25) is 0 Å². The fourth-order valence-electron chi connectivity index (χ4n) is 2.79. The average molecular weight is 474 g/mol. The first-order chi connectivity index (χ1) is 13.8. The largest absolute Gasteiger partial charge is 0.483 e. The summed E-state index contributed by atoms with van der Waals surface area (Å²) in [6.45, 7) is 3.19. The van der Waals surface area contributed by atoms with Crippen LogP contribution in [-0.4, -0.2) is 20.9 Å². The van der Waals surface area contributed by atoms with Crippen molar-refractivity contribution in [2.24, 2.45) is 0 Å². The standard InChI is InChI=1S/C22H20BrNO4S/c1-16-12-13-17(2)20(14-16)24(29(26,27)18-8-4-3-5-9-18)22(25)15-28-21-11-7-6-10-19(21)23/h3-14H,15H2,1-2H3. The van der Waals surface area contributed by atoms with E-state index in [1.54, 1.807) is 55.5 Å². The Bertz CT molecular complexity index is 1130. The van der Waals surface area contributed by atoms with Gasteiger partial charge in [-0.3, -0.25) is 4.79 Å². The van der Waals surface area contributed by atoms with E-state index in [0.29, 0.717) is 21.5 Å². The number of carbonyl (C=O) groups excluding carboxylic acids is 1. The summed E-state index contributed by atoms with van der Waals surface area (Å²) in [7, 11) is -4.12. The molecule has 150 valence electrons. The Kier molecular flexibility index (Phi) is 6.39. The van der Waals surface area contributed by atoms with Crippen LogP contribution in [0, 0.1) is 13.8 Å². The molecule has 0 fully saturated rings. The van der Waals surface area contributed by atoms with Gasteiger partial charge in [0.25, 0.3) is 15.9 Å². The Balaban J connectivity index is 2.02. The molecule has 7 heteroatoms. The van der Waals surface area contributed by atoms with E-state index in [-0.39, 0.29) is 4.90 Å². The van der Waals surface area contributed by atoms with Crippen molar-refractivity contribution in [3.63, 3.8) is 0 Å². The van der Waals surface area contributed by atoms with Gasteiger partial charge in [-0.25, -0.2) is 8.42 Å². The van der Waals surface area contributed by atoms with Crippen molar-refractivity contribution in [1.82, 2.24) is 0 Å². The molecule has 29 heavy (non-hydrogen) atoms. The fourth-order valence-corrected chi connectivity index (χ4v) is 4.68. The molecule has 5 nitrogen and oxygen atoms in total. The predicted molar refractivity (Wildman–Crippen MR) is 117 cm³/mol. The maximum atomic E-state index is 13.4. The fraction of sp³-hybridized carbons (Fsp3) is 0.136. The SMILES string of the molecule is Cc1ccc(C)c(N(C(=O)COc2ccccc2Br)S(=O)(=O)c2ccccc2)c1. The van der Waals surface area contributed by atoms with Crippen molar-refractivity contribution in [2.75, 3.05) is 10.9 Å². The number of aryl methyl sites for hydroxylation is 2. The average Bonchev–Trinajstić information content (AvgIpc) is 2.70. The van der Waals surface area contributed by atoms with E-state index < -0.39 is 22.5 Å². The Hall–Kier alpha value is -2.64. The minimum absolute atomic E-state index is 0.0372. The van der Waals surface area contributed by atoms with Crippen molar-refractivity contribution in [3.8, 4) is 5.75 Å². The number of halogens is 1. The second kappa shape index (κ2) is 8.80. The quantitative estimate of drug-likeness (QED) is 0.512. The first-order valence-corrected chi connectivity index (χ1v) is 11.1. The number of rotatable bonds is 6. The summed E-state index contributed by atoms with van der Waals surface area (Å²) < 4.78 is 33.8. The summed E-state index contributed by atoms with van der Waals surface area (Å²) in [6.07, 6.45) is 0. The molecule has 0 aliphatic rings. The van der Waals surface area contributed by atoms with E-state index in [2.05, 4.69) is 15.9 Å². The molecule has 0 N–H and O–H groups in total. The Morgan fingerprint density at radius 3 is 2.31 bits per heavy atom. The van der Waals surface area contributed by atoms with Crippen LogP contribution in [-0.2, 0) is 14.8 Å². The molecule has 3 rings (SSSR count). The number of carbonyl (C=O) groups is 1. The van der Waals surface area contributed by atoms with E-state index >= 15 is 0 Å². The molecule has 3 aromatic rings. The van der Waals surface area contributed by atoms with Crippen LogP contribution in [0.15, 0.2) is 82.2 Å². The highest BCUT2D eigenvalue weighted by atomic mass is 79.9. The Labute approximate surface area is 179 Å². The molecule has 0 saturated heterocycles. The molecular weight excluding hydrogens is 454 g/mol. The van der Waals surface area contributed by atoms with Crippen LogP contribution in [0.4, 0.5) is 5.69 Å². The Morgan fingerprint density at radius 2 is 1.62 bits per heavy atom. The lowest BCUT2D eigenvalue weighted by molar-refractivity contribution is -0.119. The lowest BCUT2D eigenvalue weighted by Gasteiger charge is -2.24. The number of anilines is 1. The highest BCUT2D eigenvalue weighted by Gasteiger charge is 2.32. The number of para-hydroxylation sites is 1. The van der Waals surface area contributed by atoms with Gasteiger partial charge in [0.15, 0.2) is 6.61 Å². The highest BCUT2D eigenvalue weighted by Crippen LogP contribution is 2.29. The molecule has 0 spiro atoms. The molecular formula is C22H20BrNO4S. The number of hydrogen-bond donors (Lipinski definition) is 0. The van der Waals surface area contributed by atoms with Gasteiger partial charge in [-0.2, -0.15) is 4.31 Å². The van der Waals surface area contributed by atoms with E-state index in [1.807, 2.05) is 19.1 Å². The van der Waals surface area contributed by atoms with Gasteiger partial charge < -0.3 is 4.74 Å². The summed E-state index contributed by atoms with van der Waals surface area (Å²) in [5.41, 5.74) is 1.83. The van der Waals surface area contributed by atoms with Crippen LogP contribution < -0.4 is 9.04 Å². The van der Waals surface area contributed by atoms with Gasteiger partial charge >= 0.3 is 0 Å². The van der Waals surface area contributed by atoms with Crippen molar-refractivity contribution in [2.45, 2.75) is 18.7 Å². The number of nitrogens with zero attached hydrogens (tertiary/aromatic N) is 1. The number of hydrogen-bond acceptors (Lipinski definition) is 4. The second-order valence-corrected chi connectivity index (χ2v) is 9.13. The van der Waals surface area contributed by atoms with Crippen LogP contribution >= 0.6 is 15.9 Å².